The molecule has 0 aliphatic carbocycles. The van der Waals surface area contributed by atoms with Gasteiger partial charge in [-0.2, -0.15) is 4.98 Å². The van der Waals surface area contributed by atoms with Crippen LogP contribution in [0.4, 0.5) is 11.6 Å². The van der Waals surface area contributed by atoms with Crippen molar-refractivity contribution in [3.8, 4) is 17.3 Å². The Labute approximate surface area is 206 Å². The largest absolute Gasteiger partial charge is 0.457 e. The van der Waals surface area contributed by atoms with E-state index in [2.05, 4.69) is 34.5 Å². The minimum absolute atomic E-state index is 0.209. The van der Waals surface area contributed by atoms with Gasteiger partial charge in [0.1, 0.15) is 17.3 Å². The fourth-order valence-electron chi connectivity index (χ4n) is 4.57. The molecular weight excluding hydrogens is 438 g/mol. The van der Waals surface area contributed by atoms with Crippen molar-refractivity contribution in [2.75, 3.05) is 18.4 Å². The number of hydrogen-bond donors (Lipinski definition) is 2. The Balaban J connectivity index is 1.32. The Kier molecular flexibility index (Phi) is 6.53. The Morgan fingerprint density at radius 2 is 1.80 bits per heavy atom. The van der Waals surface area contributed by atoms with Crippen LogP contribution in [0.3, 0.4) is 0 Å². The molecule has 1 fully saturated rings. The number of aliphatic hydroxyl groups excluding tert-OH is 1. The number of aryl methyl sites for hydroxylation is 3. The van der Waals surface area contributed by atoms with Gasteiger partial charge in [-0.15, -0.1) is 0 Å². The molecule has 1 unspecified atom stereocenters. The molecule has 0 saturated carbocycles. The van der Waals surface area contributed by atoms with E-state index in [0.29, 0.717) is 5.95 Å². The highest BCUT2D eigenvalue weighted by Gasteiger charge is 2.21. The molecule has 2 N–H and O–H groups in total. The van der Waals surface area contributed by atoms with Crippen molar-refractivity contribution in [1.29, 1.82) is 0 Å². The number of hydrogen-bond acceptors (Lipinski definition) is 6. The van der Waals surface area contributed by atoms with Gasteiger partial charge in [-0.05, 0) is 79.8 Å². The molecule has 0 spiro atoms. The summed E-state index contributed by atoms with van der Waals surface area (Å²) in [5.74, 6) is 3.01. The van der Waals surface area contributed by atoms with Crippen molar-refractivity contribution in [1.82, 2.24) is 19.4 Å². The van der Waals surface area contributed by atoms with Crippen molar-refractivity contribution in [2.45, 2.75) is 39.8 Å². The van der Waals surface area contributed by atoms with Crippen LogP contribution in [0, 0.1) is 20.8 Å². The second-order valence-corrected chi connectivity index (χ2v) is 9.27. The molecule has 5 rings (SSSR count). The number of nitrogens with one attached hydrogen (secondary N) is 1. The third kappa shape index (κ3) is 5.37. The molecule has 1 aliphatic rings. The van der Waals surface area contributed by atoms with Gasteiger partial charge in [0.15, 0.2) is 0 Å². The van der Waals surface area contributed by atoms with Crippen molar-refractivity contribution in [3.05, 3.63) is 89.4 Å². The number of benzene rings is 2. The first-order valence-corrected chi connectivity index (χ1v) is 12.0. The fourth-order valence-corrected chi connectivity index (χ4v) is 4.57. The summed E-state index contributed by atoms with van der Waals surface area (Å²) in [7, 11) is 0. The quantitative estimate of drug-likeness (QED) is 0.383. The molecule has 4 aromatic rings. The van der Waals surface area contributed by atoms with Crippen molar-refractivity contribution < 1.29 is 9.84 Å². The summed E-state index contributed by atoms with van der Waals surface area (Å²) in [6.07, 6.45) is 6.62. The summed E-state index contributed by atoms with van der Waals surface area (Å²) in [6.45, 7) is 8.70. The average Bonchev–Trinajstić information content (AvgIpc) is 3.42. The number of anilines is 2. The van der Waals surface area contributed by atoms with Gasteiger partial charge < -0.3 is 19.7 Å². The summed E-state index contributed by atoms with van der Waals surface area (Å²) in [5.41, 5.74) is 5.43. The molecular formula is C28H31N5O2. The van der Waals surface area contributed by atoms with E-state index in [9.17, 15) is 5.11 Å². The molecule has 0 bridgehead atoms. The normalized spacial score (nSPS) is 15.9. The minimum Gasteiger partial charge on any atom is -0.457 e. The fraction of sp³-hybridized carbons (Fsp3) is 0.286. The molecule has 1 atom stereocenters. The lowest BCUT2D eigenvalue weighted by Gasteiger charge is -2.15. The van der Waals surface area contributed by atoms with Gasteiger partial charge in [-0.1, -0.05) is 18.2 Å². The second kappa shape index (κ2) is 9.90. The van der Waals surface area contributed by atoms with E-state index in [1.165, 1.54) is 11.1 Å². The molecule has 1 saturated heterocycles. The maximum Gasteiger partial charge on any atom is 0.229 e. The highest BCUT2D eigenvalue weighted by atomic mass is 16.5. The number of aliphatic hydroxyl groups is 1. The van der Waals surface area contributed by atoms with Crippen LogP contribution in [-0.4, -0.2) is 43.7 Å². The summed E-state index contributed by atoms with van der Waals surface area (Å²) in [5, 5.41) is 13.2. The monoisotopic (exact) mass is 469 g/mol. The maximum atomic E-state index is 9.82. The van der Waals surface area contributed by atoms with Crippen molar-refractivity contribution >= 4 is 11.6 Å². The van der Waals surface area contributed by atoms with Gasteiger partial charge >= 0.3 is 0 Å². The van der Waals surface area contributed by atoms with E-state index in [4.69, 9.17) is 9.72 Å². The van der Waals surface area contributed by atoms with Gasteiger partial charge in [0.25, 0.3) is 0 Å². The Bertz CT molecular complexity index is 1300. The summed E-state index contributed by atoms with van der Waals surface area (Å²) in [4.78, 5) is 11.5. The smallest absolute Gasteiger partial charge is 0.229 e. The lowest BCUT2D eigenvalue weighted by molar-refractivity contribution is 0.174. The topological polar surface area (TPSA) is 75.4 Å². The number of ether oxygens (including phenoxy) is 1. The number of aromatic nitrogens is 3. The van der Waals surface area contributed by atoms with Crippen LogP contribution >= 0.6 is 0 Å². The Morgan fingerprint density at radius 3 is 2.51 bits per heavy atom. The number of likely N-dealkylation sites (tertiary alicyclic amines) is 1. The highest BCUT2D eigenvalue weighted by molar-refractivity contribution is 5.61. The molecule has 7 heteroatoms. The zero-order valence-corrected chi connectivity index (χ0v) is 20.4. The van der Waals surface area contributed by atoms with Crippen molar-refractivity contribution in [3.63, 3.8) is 0 Å². The van der Waals surface area contributed by atoms with Gasteiger partial charge in [0, 0.05) is 43.9 Å². The molecule has 180 valence electrons. The molecule has 3 heterocycles. The third-order valence-corrected chi connectivity index (χ3v) is 6.36. The minimum atomic E-state index is -0.209. The van der Waals surface area contributed by atoms with Crippen LogP contribution in [0.5, 0.6) is 11.5 Å². The molecule has 2 aromatic heterocycles. The van der Waals surface area contributed by atoms with E-state index in [-0.39, 0.29) is 6.10 Å². The van der Waals surface area contributed by atoms with Crippen molar-refractivity contribution in [2.24, 2.45) is 0 Å². The summed E-state index contributed by atoms with van der Waals surface area (Å²) in [6, 6.07) is 15.8. The molecule has 2 aromatic carbocycles. The molecule has 1 aliphatic heterocycles. The highest BCUT2D eigenvalue weighted by Crippen LogP contribution is 2.32. The van der Waals surface area contributed by atoms with Gasteiger partial charge in [-0.25, -0.2) is 4.98 Å². The van der Waals surface area contributed by atoms with Gasteiger partial charge in [-0.3, -0.25) is 4.90 Å². The summed E-state index contributed by atoms with van der Waals surface area (Å²) < 4.78 is 8.15. The SMILES string of the molecule is Cc1cn(-c2ccnc(Nc3cc(C)c(Oc4ccccc4)c(C)c3)n2)cc1CN1CCC(O)C1. The molecule has 0 amide bonds. The maximum absolute atomic E-state index is 9.82. The number of para-hydroxylation sites is 1. The Hall–Kier alpha value is -3.68. The van der Waals surface area contributed by atoms with Crippen LogP contribution < -0.4 is 10.1 Å². The lowest BCUT2D eigenvalue weighted by Crippen LogP contribution is -2.21. The van der Waals surface area contributed by atoms with Crippen LogP contribution in [0.15, 0.2) is 67.1 Å². The predicted molar refractivity (Wildman–Crippen MR) is 138 cm³/mol. The van der Waals surface area contributed by atoms with E-state index >= 15 is 0 Å². The van der Waals surface area contributed by atoms with E-state index in [1.54, 1.807) is 6.20 Å². The second-order valence-electron chi connectivity index (χ2n) is 9.27. The predicted octanol–water partition coefficient (Wildman–Crippen LogP) is 5.30. The zero-order chi connectivity index (χ0) is 24.4. The van der Waals surface area contributed by atoms with Crippen LogP contribution in [0.1, 0.15) is 28.7 Å². The first kappa shape index (κ1) is 23.1. The number of rotatable bonds is 7. The third-order valence-electron chi connectivity index (χ3n) is 6.36. The Morgan fingerprint density at radius 1 is 1.03 bits per heavy atom. The number of β-amino-alcohol motifs (C(OH)–C–C–N with tert-alkyl or cyclic N) is 1. The van der Waals surface area contributed by atoms with Gasteiger partial charge in [0.2, 0.25) is 5.95 Å². The van der Waals surface area contributed by atoms with Crippen LogP contribution in [-0.2, 0) is 6.54 Å². The number of nitrogens with zero attached hydrogens (tertiary/aromatic N) is 4. The van der Waals surface area contributed by atoms with Crippen LogP contribution in [0.2, 0.25) is 0 Å². The standard InChI is InChI=1S/C28H31N5O2/c1-19-13-23(14-20(2)27(19)35-25-7-5-4-6-8-25)30-28-29-11-9-26(31-28)33-15-21(3)22(17-33)16-32-12-10-24(34)18-32/h4-9,11,13-15,17,24,34H,10,12,16,18H2,1-3H3,(H,29,30,31). The molecule has 0 radical (unpaired) electrons. The first-order valence-electron chi connectivity index (χ1n) is 12.0. The van der Waals surface area contributed by atoms with E-state index < -0.39 is 0 Å². The van der Waals surface area contributed by atoms with E-state index in [1.807, 2.05) is 66.9 Å². The lowest BCUT2D eigenvalue weighted by atomic mass is 10.1. The molecule has 7 nitrogen and oxygen atoms in total. The first-order chi connectivity index (χ1) is 16.9. The van der Waals surface area contributed by atoms with Crippen LogP contribution in [0.25, 0.3) is 5.82 Å². The average molecular weight is 470 g/mol. The van der Waals surface area contributed by atoms with Gasteiger partial charge in [0.05, 0.1) is 6.10 Å². The molecule has 35 heavy (non-hydrogen) atoms. The summed E-state index contributed by atoms with van der Waals surface area (Å²) >= 11 is 0. The van der Waals surface area contributed by atoms with E-state index in [0.717, 1.165) is 60.2 Å². The zero-order valence-electron chi connectivity index (χ0n) is 20.4.